The van der Waals surface area contributed by atoms with Crippen molar-refractivity contribution in [3.63, 3.8) is 0 Å². The highest BCUT2D eigenvalue weighted by atomic mass is 32.3. The number of halogens is 2. The Bertz CT molecular complexity index is 332. The van der Waals surface area contributed by atoms with Crippen molar-refractivity contribution in [1.82, 2.24) is 4.31 Å². The van der Waals surface area contributed by atoms with Crippen LogP contribution < -0.4 is 5.26 Å². The van der Waals surface area contributed by atoms with Crippen molar-refractivity contribution in [2.75, 3.05) is 13.1 Å². The predicted octanol–water partition coefficient (Wildman–Crippen LogP) is 1.64. The molecule has 0 radical (unpaired) electrons. The van der Waals surface area contributed by atoms with E-state index in [4.69, 9.17) is 0 Å². The molecule has 0 saturated carbocycles. The Morgan fingerprint density at radius 2 is 1.68 bits per heavy atom. The molecule has 116 valence electrons. The zero-order chi connectivity index (χ0) is 14.9. The second kappa shape index (κ2) is 9.03. The minimum atomic E-state index is -4.90. The molecule has 0 rings (SSSR count). The van der Waals surface area contributed by atoms with Crippen LogP contribution in [0.4, 0.5) is 8.78 Å². The van der Waals surface area contributed by atoms with E-state index in [1.54, 1.807) is 0 Å². The summed E-state index contributed by atoms with van der Waals surface area (Å²) in [5.74, 6) is 0. The molecule has 0 heterocycles. The van der Waals surface area contributed by atoms with Crippen molar-refractivity contribution in [2.24, 2.45) is 0 Å². The summed E-state index contributed by atoms with van der Waals surface area (Å²) >= 11 is -0.817. The fourth-order valence-corrected chi connectivity index (χ4v) is 3.16. The maximum atomic E-state index is 13.5. The molecule has 0 aliphatic rings. The van der Waals surface area contributed by atoms with Crippen LogP contribution in [0.5, 0.6) is 0 Å². The lowest BCUT2D eigenvalue weighted by Gasteiger charge is -2.25. The van der Waals surface area contributed by atoms with Crippen molar-refractivity contribution >= 4 is 22.1 Å². The van der Waals surface area contributed by atoms with Crippen molar-refractivity contribution in [3.05, 3.63) is 0 Å². The summed E-state index contributed by atoms with van der Waals surface area (Å²) in [7, 11) is -4.90. The van der Waals surface area contributed by atoms with Crippen LogP contribution in [0.1, 0.15) is 39.5 Å². The Kier molecular flexibility index (Phi) is 9.03. The van der Waals surface area contributed by atoms with Gasteiger partial charge in [0, 0.05) is 13.1 Å². The van der Waals surface area contributed by atoms with Crippen LogP contribution in [0, 0.1) is 0 Å². The van der Waals surface area contributed by atoms with Gasteiger partial charge < -0.3 is 5.26 Å². The average molecular weight is 322 g/mol. The Balaban J connectivity index is 4.92. The predicted molar refractivity (Wildman–Crippen MR) is 65.0 cm³/mol. The molecule has 0 unspecified atom stereocenters. The summed E-state index contributed by atoms with van der Waals surface area (Å²) in [5, 5.41) is 12.3. The van der Waals surface area contributed by atoms with E-state index in [-0.39, 0.29) is 13.1 Å². The molecule has 0 aliphatic heterocycles. The highest BCUT2D eigenvalue weighted by Crippen LogP contribution is 2.37. The topological polar surface area (TPSA) is 78.9 Å². The summed E-state index contributed by atoms with van der Waals surface area (Å²) < 4.78 is 50.4. The largest absolute Gasteiger partial charge is 0.691 e. The van der Waals surface area contributed by atoms with E-state index in [9.17, 15) is 22.5 Å². The highest BCUT2D eigenvalue weighted by molar-refractivity contribution is 8.10. The van der Waals surface area contributed by atoms with Crippen molar-refractivity contribution in [2.45, 2.75) is 44.1 Å². The fraction of sp³-hybridized carbons (Fsp3) is 1.00. The Morgan fingerprint density at radius 1 is 1.21 bits per heavy atom. The summed E-state index contributed by atoms with van der Waals surface area (Å²) in [6, 6.07) is 0. The molecule has 19 heavy (non-hydrogen) atoms. The van der Waals surface area contributed by atoms with Gasteiger partial charge in [-0.05, 0) is 12.8 Å². The maximum Gasteiger partial charge on any atom is 0.433 e. The van der Waals surface area contributed by atoms with Gasteiger partial charge in [0.25, 0.3) is 10.0 Å². The summed E-state index contributed by atoms with van der Waals surface area (Å²) in [4.78, 5) is 0. The molecule has 0 amide bonds. The van der Waals surface area contributed by atoms with Gasteiger partial charge in [0.1, 0.15) is 12.0 Å². The van der Waals surface area contributed by atoms with E-state index < -0.39 is 26.7 Å². The lowest BCUT2D eigenvalue weighted by Crippen LogP contribution is -2.42. The van der Waals surface area contributed by atoms with Gasteiger partial charge in [-0.25, -0.2) is 8.42 Å². The van der Waals surface area contributed by atoms with Crippen molar-refractivity contribution in [1.29, 1.82) is 0 Å². The first-order valence-corrected chi connectivity index (χ1v) is 8.03. The first-order valence-electron chi connectivity index (χ1n) is 5.85. The summed E-state index contributed by atoms with van der Waals surface area (Å²) in [6.07, 6.45) is 2.30. The third-order valence-corrected chi connectivity index (χ3v) is 5.12. The molecule has 6 nitrogen and oxygen atoms in total. The Morgan fingerprint density at radius 3 is 2.05 bits per heavy atom. The van der Waals surface area contributed by atoms with E-state index in [0.717, 1.165) is 4.31 Å². The number of hydrogen-bond donors (Lipinski definition) is 0. The van der Waals surface area contributed by atoms with Gasteiger partial charge in [-0.15, -0.1) is 0 Å². The van der Waals surface area contributed by atoms with Gasteiger partial charge in [-0.3, -0.25) is 5.04 Å². The van der Waals surface area contributed by atoms with Crippen molar-refractivity contribution in [3.8, 4) is 0 Å². The first-order chi connectivity index (χ1) is 8.83. The van der Waals surface area contributed by atoms with Crippen LogP contribution in [0.25, 0.3) is 0 Å². The monoisotopic (exact) mass is 322 g/mol. The standard InChI is InChI=1S/C9H19F2NO5S2/c1-3-5-7-12(8-6-4-2)19(14,15)9(10,11)18-17-16-13/h13H,3-8H2,1-2H3/p-1. The molecule has 0 spiro atoms. The second-order valence-corrected chi connectivity index (χ2v) is 6.85. The lowest BCUT2D eigenvalue weighted by molar-refractivity contribution is -0.777. The van der Waals surface area contributed by atoms with E-state index in [2.05, 4.69) is 9.37 Å². The minimum absolute atomic E-state index is 0.00716. The van der Waals surface area contributed by atoms with E-state index in [1.165, 1.54) is 0 Å². The molecule has 0 N–H and O–H groups in total. The van der Waals surface area contributed by atoms with Gasteiger partial charge in [-0.2, -0.15) is 17.4 Å². The minimum Gasteiger partial charge on any atom is -0.691 e. The number of rotatable bonds is 11. The van der Waals surface area contributed by atoms with Crippen LogP contribution in [0.15, 0.2) is 0 Å². The Hall–Kier alpha value is -0.0000000000000000694. The number of sulfonamides is 1. The average Bonchev–Trinajstić information content (AvgIpc) is 2.36. The second-order valence-electron chi connectivity index (χ2n) is 3.79. The van der Waals surface area contributed by atoms with E-state index in [1.807, 2.05) is 13.8 Å². The molecule has 0 aromatic carbocycles. The van der Waals surface area contributed by atoms with Gasteiger partial charge in [0.15, 0.2) is 0 Å². The van der Waals surface area contributed by atoms with Gasteiger partial charge in [0.2, 0.25) is 0 Å². The molecule has 0 aromatic heterocycles. The third-order valence-electron chi connectivity index (χ3n) is 2.32. The number of unbranched alkanes of at least 4 members (excludes halogenated alkanes) is 2. The number of nitrogens with zero attached hydrogens (tertiary/aromatic N) is 1. The van der Waals surface area contributed by atoms with Gasteiger partial charge in [0.05, 0.1) is 0 Å². The molecule has 10 heteroatoms. The molecule has 0 bridgehead atoms. The number of alkyl halides is 2. The zero-order valence-corrected chi connectivity index (χ0v) is 12.4. The molecule has 0 saturated heterocycles. The first kappa shape index (κ1) is 19.0. The summed E-state index contributed by atoms with van der Waals surface area (Å²) in [6.45, 7) is 3.66. The van der Waals surface area contributed by atoms with Gasteiger partial charge >= 0.3 is 4.59 Å². The molecule has 0 aliphatic carbocycles. The van der Waals surface area contributed by atoms with Gasteiger partial charge in [-0.1, -0.05) is 26.7 Å². The van der Waals surface area contributed by atoms with Crippen LogP contribution in [-0.4, -0.2) is 30.4 Å². The van der Waals surface area contributed by atoms with Crippen molar-refractivity contribution < 1.29 is 31.8 Å². The third kappa shape index (κ3) is 5.88. The Labute approximate surface area is 116 Å². The summed E-state index contributed by atoms with van der Waals surface area (Å²) in [5.41, 5.74) is 0. The maximum absolute atomic E-state index is 13.5. The smallest absolute Gasteiger partial charge is 0.433 e. The van der Waals surface area contributed by atoms with Crippen LogP contribution in [0.2, 0.25) is 0 Å². The quantitative estimate of drug-likeness (QED) is 0.327. The molecule has 0 atom stereocenters. The fourth-order valence-electron chi connectivity index (χ4n) is 1.27. The van der Waals surface area contributed by atoms with Crippen LogP contribution in [0.3, 0.4) is 0 Å². The SMILES string of the molecule is CCCCN(CCCC)S(=O)(=O)C(F)(F)SOO[O-]. The lowest BCUT2D eigenvalue weighted by atomic mass is 10.3. The normalized spacial score (nSPS) is 13.2. The van der Waals surface area contributed by atoms with E-state index >= 15 is 0 Å². The van der Waals surface area contributed by atoms with Crippen LogP contribution >= 0.6 is 12.0 Å². The molecule has 0 aromatic rings. The van der Waals surface area contributed by atoms with E-state index in [0.29, 0.717) is 25.7 Å². The zero-order valence-electron chi connectivity index (χ0n) is 10.8. The highest BCUT2D eigenvalue weighted by Gasteiger charge is 2.51. The molecular weight excluding hydrogens is 304 g/mol. The number of hydrogen-bond acceptors (Lipinski definition) is 6. The molecular formula is C9H18F2NO5S2-. The van der Waals surface area contributed by atoms with Crippen LogP contribution in [-0.2, 0) is 19.4 Å². The molecule has 0 fully saturated rings.